The van der Waals surface area contributed by atoms with Crippen LogP contribution < -0.4 is 0 Å². The van der Waals surface area contributed by atoms with E-state index in [1.54, 1.807) is 12.3 Å². The van der Waals surface area contributed by atoms with Gasteiger partial charge in [0.15, 0.2) is 0 Å². The van der Waals surface area contributed by atoms with E-state index < -0.39 is 5.60 Å². The summed E-state index contributed by atoms with van der Waals surface area (Å²) in [7, 11) is 0. The Labute approximate surface area is 183 Å². The summed E-state index contributed by atoms with van der Waals surface area (Å²) in [5.74, 6) is 1.57. The quantitative estimate of drug-likeness (QED) is 0.505. The highest BCUT2D eigenvalue weighted by molar-refractivity contribution is 6.03. The lowest BCUT2D eigenvalue weighted by molar-refractivity contribution is -0.136. The first-order valence-electron chi connectivity index (χ1n) is 11.5. The molecule has 0 aromatic heterocycles. The van der Waals surface area contributed by atoms with E-state index >= 15 is 0 Å². The third kappa shape index (κ3) is 3.10. The number of benzene rings is 3. The van der Waals surface area contributed by atoms with Crippen LogP contribution in [0.2, 0.25) is 0 Å². The van der Waals surface area contributed by atoms with E-state index in [2.05, 4.69) is 31.2 Å². The molecule has 3 aromatic rings. The maximum atomic E-state index is 11.2. The number of hydrogen-bond acceptors (Lipinski definition) is 3. The molecule has 0 saturated heterocycles. The second kappa shape index (κ2) is 6.67. The number of hydrogen-bond donors (Lipinski definition) is 2. The molecule has 31 heavy (non-hydrogen) atoms. The van der Waals surface area contributed by atoms with Gasteiger partial charge in [0.1, 0.15) is 5.75 Å². The number of aliphatic imine (C=N–C) groups is 1. The monoisotopic (exact) mass is 411 g/mol. The van der Waals surface area contributed by atoms with Gasteiger partial charge in [-0.25, -0.2) is 0 Å². The van der Waals surface area contributed by atoms with Gasteiger partial charge >= 0.3 is 0 Å². The number of nitrogens with zero attached hydrogens (tertiary/aromatic N) is 1. The highest BCUT2D eigenvalue weighted by Crippen LogP contribution is 2.62. The second-order valence-electron chi connectivity index (χ2n) is 10.4. The molecule has 0 amide bonds. The summed E-state index contributed by atoms with van der Waals surface area (Å²) >= 11 is 0. The van der Waals surface area contributed by atoms with E-state index in [1.165, 1.54) is 24.8 Å². The Hall–Kier alpha value is -2.65. The zero-order chi connectivity index (χ0) is 21.2. The van der Waals surface area contributed by atoms with Gasteiger partial charge in [0.25, 0.3) is 0 Å². The highest BCUT2D eigenvalue weighted by atomic mass is 16.3. The maximum absolute atomic E-state index is 11.2. The first kappa shape index (κ1) is 19.1. The van der Waals surface area contributed by atoms with Crippen LogP contribution in [0, 0.1) is 18.8 Å². The third-order valence-electron chi connectivity index (χ3n) is 8.13. The van der Waals surface area contributed by atoms with Gasteiger partial charge in [0, 0.05) is 11.8 Å². The molecule has 0 heterocycles. The zero-order valence-corrected chi connectivity index (χ0v) is 18.0. The van der Waals surface area contributed by atoms with Gasteiger partial charge in [-0.05, 0) is 96.7 Å². The minimum absolute atomic E-state index is 0.0956. The lowest BCUT2D eigenvalue weighted by Crippen LogP contribution is -2.57. The molecule has 0 radical (unpaired) electrons. The van der Waals surface area contributed by atoms with Crippen molar-refractivity contribution in [2.45, 2.75) is 56.5 Å². The largest absolute Gasteiger partial charge is 0.507 e. The van der Waals surface area contributed by atoms with Gasteiger partial charge in [0.2, 0.25) is 0 Å². The maximum Gasteiger partial charge on any atom is 0.124 e. The van der Waals surface area contributed by atoms with E-state index in [0.29, 0.717) is 11.8 Å². The van der Waals surface area contributed by atoms with Gasteiger partial charge in [-0.15, -0.1) is 0 Å². The van der Waals surface area contributed by atoms with Crippen molar-refractivity contribution in [3.63, 3.8) is 0 Å². The van der Waals surface area contributed by atoms with Crippen LogP contribution in [-0.4, -0.2) is 22.0 Å². The molecule has 4 aliphatic rings. The van der Waals surface area contributed by atoms with Crippen LogP contribution in [0.4, 0.5) is 5.69 Å². The van der Waals surface area contributed by atoms with E-state index in [-0.39, 0.29) is 11.2 Å². The first-order chi connectivity index (χ1) is 14.9. The van der Waals surface area contributed by atoms with Crippen LogP contribution in [0.5, 0.6) is 5.75 Å². The minimum Gasteiger partial charge on any atom is -0.507 e. The molecule has 4 fully saturated rings. The van der Waals surface area contributed by atoms with Gasteiger partial charge in [-0.1, -0.05) is 42.5 Å². The van der Waals surface area contributed by atoms with Crippen molar-refractivity contribution < 1.29 is 10.2 Å². The average Bonchev–Trinajstić information content (AvgIpc) is 2.72. The fourth-order valence-electron chi connectivity index (χ4n) is 7.18. The molecule has 0 spiro atoms. The number of aryl methyl sites for hydroxylation is 1. The fraction of sp³-hybridized carbons (Fsp3) is 0.393. The number of phenols is 1. The summed E-state index contributed by atoms with van der Waals surface area (Å²) < 4.78 is 0. The Bertz CT molecular complexity index is 1200. The summed E-state index contributed by atoms with van der Waals surface area (Å²) in [6.45, 7) is 2.09. The topological polar surface area (TPSA) is 52.8 Å². The van der Waals surface area contributed by atoms with Gasteiger partial charge in [-0.2, -0.15) is 0 Å². The van der Waals surface area contributed by atoms with Gasteiger partial charge in [0.05, 0.1) is 11.3 Å². The summed E-state index contributed by atoms with van der Waals surface area (Å²) in [5.41, 5.74) is 3.80. The normalized spacial score (nSPS) is 31.7. The molecule has 2 unspecified atom stereocenters. The smallest absolute Gasteiger partial charge is 0.124 e. The minimum atomic E-state index is -0.465. The van der Waals surface area contributed by atoms with Crippen LogP contribution in [-0.2, 0) is 5.41 Å². The zero-order valence-electron chi connectivity index (χ0n) is 18.0. The number of aliphatic hydroxyl groups is 1. The number of fused-ring (bicyclic) bond motifs is 1. The van der Waals surface area contributed by atoms with Crippen molar-refractivity contribution in [3.05, 3.63) is 71.3 Å². The molecule has 2 N–H and O–H groups in total. The lowest BCUT2D eigenvalue weighted by atomic mass is 9.46. The Morgan fingerprint density at radius 2 is 1.74 bits per heavy atom. The Kier molecular flexibility index (Phi) is 4.10. The summed E-state index contributed by atoms with van der Waals surface area (Å²) in [6, 6.07) is 18.4. The molecule has 3 aromatic carbocycles. The van der Waals surface area contributed by atoms with Gasteiger partial charge < -0.3 is 10.2 Å². The van der Waals surface area contributed by atoms with E-state index in [9.17, 15) is 10.2 Å². The van der Waals surface area contributed by atoms with Crippen LogP contribution in [0.1, 0.15) is 55.2 Å². The van der Waals surface area contributed by atoms with Crippen LogP contribution in [0.25, 0.3) is 10.8 Å². The first-order valence-corrected chi connectivity index (χ1v) is 11.5. The molecule has 7 rings (SSSR count). The second-order valence-corrected chi connectivity index (χ2v) is 10.4. The highest BCUT2D eigenvalue weighted by Gasteiger charge is 2.57. The van der Waals surface area contributed by atoms with Crippen molar-refractivity contribution >= 4 is 22.7 Å². The van der Waals surface area contributed by atoms with Crippen molar-refractivity contribution in [3.8, 4) is 5.75 Å². The number of phenolic OH excluding ortho intramolecular Hbond substituents is 1. The molecule has 4 atom stereocenters. The van der Waals surface area contributed by atoms with Crippen molar-refractivity contribution in [1.82, 2.24) is 0 Å². The van der Waals surface area contributed by atoms with Crippen molar-refractivity contribution in [1.29, 1.82) is 0 Å². The fourth-order valence-corrected chi connectivity index (χ4v) is 7.18. The van der Waals surface area contributed by atoms with E-state index in [1.807, 2.05) is 24.3 Å². The third-order valence-corrected chi connectivity index (χ3v) is 8.13. The van der Waals surface area contributed by atoms with Crippen LogP contribution in [0.3, 0.4) is 0 Å². The summed E-state index contributed by atoms with van der Waals surface area (Å²) in [6.07, 6.45) is 8.36. The molecule has 4 saturated carbocycles. The van der Waals surface area contributed by atoms with Crippen LogP contribution >= 0.6 is 0 Å². The molecule has 158 valence electrons. The Balaban J connectivity index is 1.39. The molecule has 0 aliphatic heterocycles. The standard InChI is InChI=1S/C28H29NO2/c1-18-6-8-22(27-12-19-10-20(13-27)15-28(31,14-19)17-27)11-25(18)29-16-24-23-5-3-2-4-21(23)7-9-26(24)30/h2-9,11,16,19-20,30-31H,10,12-15,17H2,1H3/t19-,20+,27?,28?. The lowest BCUT2D eigenvalue weighted by Gasteiger charge is -2.60. The Morgan fingerprint density at radius 1 is 0.968 bits per heavy atom. The summed E-state index contributed by atoms with van der Waals surface area (Å²) in [5, 5.41) is 23.7. The molecule has 4 aliphatic carbocycles. The SMILES string of the molecule is Cc1ccc(C23C[C@@H]4C[C@@H](CC(O)(C4)C2)C3)cc1N=Cc1c(O)ccc2ccccc12. The molecular formula is C28H29NO2. The predicted octanol–water partition coefficient (Wildman–Crippen LogP) is 6.19. The predicted molar refractivity (Wildman–Crippen MR) is 125 cm³/mol. The van der Waals surface area contributed by atoms with Crippen molar-refractivity contribution in [2.75, 3.05) is 0 Å². The Morgan fingerprint density at radius 3 is 2.52 bits per heavy atom. The molecule has 3 heteroatoms. The summed E-state index contributed by atoms with van der Waals surface area (Å²) in [4.78, 5) is 4.84. The average molecular weight is 412 g/mol. The van der Waals surface area contributed by atoms with E-state index in [4.69, 9.17) is 4.99 Å². The van der Waals surface area contributed by atoms with Crippen LogP contribution in [0.15, 0.2) is 59.6 Å². The van der Waals surface area contributed by atoms with Gasteiger partial charge in [-0.3, -0.25) is 4.99 Å². The number of aromatic hydroxyl groups is 1. The molecular weight excluding hydrogens is 382 g/mol. The number of rotatable bonds is 3. The molecule has 3 nitrogen and oxygen atoms in total. The van der Waals surface area contributed by atoms with E-state index in [0.717, 1.165) is 46.8 Å². The molecule has 4 bridgehead atoms. The van der Waals surface area contributed by atoms with Crippen molar-refractivity contribution in [2.24, 2.45) is 16.8 Å².